The number of nitrogens with zero attached hydrogens (tertiary/aromatic N) is 1. The minimum Gasteiger partial charge on any atom is -0.496 e. The van der Waals surface area contributed by atoms with Crippen molar-refractivity contribution in [2.45, 2.75) is 19.9 Å². The van der Waals surface area contributed by atoms with E-state index in [9.17, 15) is 4.79 Å². The van der Waals surface area contributed by atoms with Crippen molar-refractivity contribution in [3.63, 3.8) is 0 Å². The maximum atomic E-state index is 12.0. The minimum absolute atomic E-state index is 0.0860. The molecule has 2 aromatic rings. The zero-order chi connectivity index (χ0) is 15.2. The Balaban J connectivity index is 2.01. The first-order valence-electron chi connectivity index (χ1n) is 6.58. The van der Waals surface area contributed by atoms with E-state index in [-0.39, 0.29) is 12.3 Å². The number of aryl methyl sites for hydroxylation is 1. The molecule has 0 aliphatic heterocycles. The van der Waals surface area contributed by atoms with Crippen molar-refractivity contribution in [3.8, 4) is 5.75 Å². The Labute approximate surface area is 129 Å². The van der Waals surface area contributed by atoms with Gasteiger partial charge in [0.25, 0.3) is 0 Å². The molecule has 0 spiro atoms. The molecule has 0 atom stereocenters. The molecule has 0 fully saturated rings. The number of carbonyl (C=O) groups excluding carboxylic acids is 1. The summed E-state index contributed by atoms with van der Waals surface area (Å²) in [4.78, 5) is 16.0. The van der Waals surface area contributed by atoms with Crippen molar-refractivity contribution in [2.75, 3.05) is 7.11 Å². The Morgan fingerprint density at radius 3 is 2.90 bits per heavy atom. The van der Waals surface area contributed by atoms with Crippen molar-refractivity contribution in [3.05, 3.63) is 58.4 Å². The van der Waals surface area contributed by atoms with Crippen LogP contribution >= 0.6 is 11.6 Å². The lowest BCUT2D eigenvalue weighted by Gasteiger charge is -2.11. The topological polar surface area (TPSA) is 51.2 Å². The molecule has 2 rings (SSSR count). The number of ether oxygens (including phenoxy) is 1. The van der Waals surface area contributed by atoms with Crippen LogP contribution in [-0.4, -0.2) is 18.0 Å². The van der Waals surface area contributed by atoms with Gasteiger partial charge in [0.05, 0.1) is 13.5 Å². The first-order chi connectivity index (χ1) is 10.1. The van der Waals surface area contributed by atoms with E-state index >= 15 is 0 Å². The fourth-order valence-electron chi connectivity index (χ4n) is 1.96. The molecular formula is C16H17ClN2O2. The number of rotatable bonds is 5. The number of carbonyl (C=O) groups is 1. The van der Waals surface area contributed by atoms with Crippen LogP contribution in [0.1, 0.15) is 16.7 Å². The van der Waals surface area contributed by atoms with Gasteiger partial charge in [-0.3, -0.25) is 9.78 Å². The average Bonchev–Trinajstić information content (AvgIpc) is 2.49. The summed E-state index contributed by atoms with van der Waals surface area (Å²) in [5.41, 5.74) is 2.66. The molecule has 0 aliphatic rings. The van der Waals surface area contributed by atoms with Crippen molar-refractivity contribution >= 4 is 17.5 Å². The summed E-state index contributed by atoms with van der Waals surface area (Å²) in [5.74, 6) is 0.588. The third-order valence-electron chi connectivity index (χ3n) is 3.13. The summed E-state index contributed by atoms with van der Waals surface area (Å²) in [7, 11) is 1.58. The quantitative estimate of drug-likeness (QED) is 0.924. The summed E-state index contributed by atoms with van der Waals surface area (Å²) >= 11 is 6.10. The lowest BCUT2D eigenvalue weighted by Crippen LogP contribution is -2.24. The van der Waals surface area contributed by atoms with Gasteiger partial charge in [-0.1, -0.05) is 17.7 Å². The van der Waals surface area contributed by atoms with Crippen molar-refractivity contribution in [2.24, 2.45) is 0 Å². The highest BCUT2D eigenvalue weighted by Crippen LogP contribution is 2.26. The van der Waals surface area contributed by atoms with Gasteiger partial charge in [-0.25, -0.2) is 0 Å². The fourth-order valence-corrected chi connectivity index (χ4v) is 2.15. The van der Waals surface area contributed by atoms with Crippen molar-refractivity contribution in [1.29, 1.82) is 0 Å². The van der Waals surface area contributed by atoms with Crippen molar-refractivity contribution < 1.29 is 9.53 Å². The second-order valence-electron chi connectivity index (χ2n) is 4.73. The molecule has 1 aromatic carbocycles. The summed E-state index contributed by atoms with van der Waals surface area (Å²) in [5, 5.41) is 3.49. The lowest BCUT2D eigenvalue weighted by atomic mass is 10.1. The van der Waals surface area contributed by atoms with E-state index < -0.39 is 0 Å². The molecule has 1 N–H and O–H groups in total. The Bertz CT molecular complexity index is 630. The van der Waals surface area contributed by atoms with Gasteiger partial charge in [-0.05, 0) is 36.2 Å². The number of hydrogen-bond donors (Lipinski definition) is 1. The fraction of sp³-hybridized carbons (Fsp3) is 0.250. The number of halogens is 1. The molecule has 0 bridgehead atoms. The van der Waals surface area contributed by atoms with Crippen LogP contribution in [0.3, 0.4) is 0 Å². The predicted octanol–water partition coefficient (Wildman–Crippen LogP) is 2.91. The second-order valence-corrected chi connectivity index (χ2v) is 5.14. The summed E-state index contributed by atoms with van der Waals surface area (Å²) in [6.45, 7) is 2.35. The van der Waals surface area contributed by atoms with Gasteiger partial charge >= 0.3 is 0 Å². The third-order valence-corrected chi connectivity index (χ3v) is 3.53. The molecule has 1 heterocycles. The monoisotopic (exact) mass is 304 g/mol. The van der Waals surface area contributed by atoms with Crippen LogP contribution in [0.15, 0.2) is 36.7 Å². The number of aromatic nitrogens is 1. The highest BCUT2D eigenvalue weighted by molar-refractivity contribution is 6.31. The van der Waals surface area contributed by atoms with E-state index in [0.29, 0.717) is 17.3 Å². The van der Waals surface area contributed by atoms with E-state index in [2.05, 4.69) is 10.3 Å². The summed E-state index contributed by atoms with van der Waals surface area (Å²) in [6.07, 6.45) is 3.65. The summed E-state index contributed by atoms with van der Waals surface area (Å²) in [6, 6.07) is 7.37. The number of nitrogens with one attached hydrogen (secondary N) is 1. The molecule has 110 valence electrons. The van der Waals surface area contributed by atoms with E-state index in [0.717, 1.165) is 16.7 Å². The molecule has 21 heavy (non-hydrogen) atoms. The van der Waals surface area contributed by atoms with Crippen LogP contribution in [0, 0.1) is 6.92 Å². The van der Waals surface area contributed by atoms with Crippen LogP contribution < -0.4 is 10.1 Å². The predicted molar refractivity (Wildman–Crippen MR) is 82.5 cm³/mol. The SMILES string of the molecule is COc1cc(C)c(Cl)cc1CC(=O)NCc1cccnc1. The van der Waals surface area contributed by atoms with Gasteiger partial charge in [0.15, 0.2) is 0 Å². The van der Waals surface area contributed by atoms with Gasteiger partial charge in [-0.2, -0.15) is 0 Å². The molecule has 1 amide bonds. The first kappa shape index (κ1) is 15.3. The van der Waals surface area contributed by atoms with E-state index in [4.69, 9.17) is 16.3 Å². The molecule has 0 radical (unpaired) electrons. The van der Waals surface area contributed by atoms with Gasteiger partial charge < -0.3 is 10.1 Å². The molecule has 1 aromatic heterocycles. The first-order valence-corrected chi connectivity index (χ1v) is 6.96. The highest BCUT2D eigenvalue weighted by Gasteiger charge is 2.11. The normalized spacial score (nSPS) is 10.2. The van der Waals surface area contributed by atoms with E-state index in [1.165, 1.54) is 0 Å². The number of benzene rings is 1. The van der Waals surface area contributed by atoms with Crippen LogP contribution in [0.25, 0.3) is 0 Å². The number of hydrogen-bond acceptors (Lipinski definition) is 3. The molecule has 4 nitrogen and oxygen atoms in total. The summed E-state index contributed by atoms with van der Waals surface area (Å²) < 4.78 is 5.30. The Kier molecular flexibility index (Phi) is 5.17. The molecule has 5 heteroatoms. The smallest absolute Gasteiger partial charge is 0.224 e. The van der Waals surface area contributed by atoms with Gasteiger partial charge in [-0.15, -0.1) is 0 Å². The standard InChI is InChI=1S/C16H17ClN2O2/c1-11-6-15(21-2)13(7-14(11)17)8-16(20)19-10-12-4-3-5-18-9-12/h3-7,9H,8,10H2,1-2H3,(H,19,20). The Morgan fingerprint density at radius 1 is 1.43 bits per heavy atom. The Morgan fingerprint density at radius 2 is 2.24 bits per heavy atom. The maximum Gasteiger partial charge on any atom is 0.224 e. The lowest BCUT2D eigenvalue weighted by molar-refractivity contribution is -0.120. The molecule has 0 saturated heterocycles. The molecule has 0 aliphatic carbocycles. The van der Waals surface area contributed by atoms with Crippen molar-refractivity contribution in [1.82, 2.24) is 10.3 Å². The molecule has 0 unspecified atom stereocenters. The number of methoxy groups -OCH3 is 1. The maximum absolute atomic E-state index is 12.0. The minimum atomic E-state index is -0.0860. The third kappa shape index (κ3) is 4.20. The average molecular weight is 305 g/mol. The van der Waals surface area contributed by atoms with Gasteiger partial charge in [0.2, 0.25) is 5.91 Å². The van der Waals surface area contributed by atoms with E-state index in [1.807, 2.05) is 25.1 Å². The van der Waals surface area contributed by atoms with Crippen LogP contribution in [0.2, 0.25) is 5.02 Å². The second kappa shape index (κ2) is 7.09. The largest absolute Gasteiger partial charge is 0.496 e. The number of amides is 1. The zero-order valence-corrected chi connectivity index (χ0v) is 12.8. The van der Waals surface area contributed by atoms with Gasteiger partial charge in [0, 0.05) is 29.5 Å². The number of pyridine rings is 1. The van der Waals surface area contributed by atoms with Crippen LogP contribution in [0.4, 0.5) is 0 Å². The molecular weight excluding hydrogens is 288 g/mol. The molecule has 0 saturated carbocycles. The van der Waals surface area contributed by atoms with Gasteiger partial charge in [0.1, 0.15) is 5.75 Å². The van der Waals surface area contributed by atoms with Crippen LogP contribution in [0.5, 0.6) is 5.75 Å². The van der Waals surface area contributed by atoms with Crippen LogP contribution in [-0.2, 0) is 17.8 Å². The Hall–Kier alpha value is -2.07. The highest BCUT2D eigenvalue weighted by atomic mass is 35.5. The zero-order valence-electron chi connectivity index (χ0n) is 12.0. The van der Waals surface area contributed by atoms with E-state index in [1.54, 1.807) is 25.6 Å².